The van der Waals surface area contributed by atoms with Gasteiger partial charge in [0.2, 0.25) is 0 Å². The molecule has 51 heavy (non-hydrogen) atoms. The van der Waals surface area contributed by atoms with E-state index in [1.807, 2.05) is 6.07 Å². The number of thiol groups is 1. The molecule has 0 aliphatic rings. The number of anilines is 3. The summed E-state index contributed by atoms with van der Waals surface area (Å²) >= 11 is 6.89. The Morgan fingerprint density at radius 2 is 0.922 bits per heavy atom. The number of benzene rings is 8. The smallest absolute Gasteiger partial charge is 0.124 e. The van der Waals surface area contributed by atoms with E-state index in [1.54, 1.807) is 11.3 Å². The van der Waals surface area contributed by atoms with Crippen molar-refractivity contribution in [2.75, 3.05) is 4.90 Å². The Balaban J connectivity index is 1.27. The highest BCUT2D eigenvalue weighted by Crippen LogP contribution is 2.50. The molecular weight excluding hydrogens is 657 g/mol. The molecular formula is C47H32N2S2. The third kappa shape index (κ3) is 5.99. The highest BCUT2D eigenvalue weighted by Gasteiger charge is 2.25. The van der Waals surface area contributed by atoms with Crippen LogP contribution in [0.4, 0.5) is 17.1 Å². The second kappa shape index (κ2) is 13.4. The molecule has 4 heteroatoms. The summed E-state index contributed by atoms with van der Waals surface area (Å²) in [5.74, 6) is 0. The van der Waals surface area contributed by atoms with Crippen LogP contribution < -0.4 is 4.90 Å². The Labute approximate surface area is 307 Å². The van der Waals surface area contributed by atoms with Gasteiger partial charge in [0.05, 0.1) is 15.9 Å². The summed E-state index contributed by atoms with van der Waals surface area (Å²) in [5.41, 5.74) is 12.1. The van der Waals surface area contributed by atoms with Gasteiger partial charge >= 0.3 is 0 Å². The summed E-state index contributed by atoms with van der Waals surface area (Å²) in [6, 6.07) is 66.7. The molecule has 0 bridgehead atoms. The Morgan fingerprint density at radius 3 is 1.55 bits per heavy atom. The van der Waals surface area contributed by atoms with Crippen LogP contribution in [-0.4, -0.2) is 4.98 Å². The average molecular weight is 689 g/mol. The number of hydrogen-bond donors (Lipinski definition) is 1. The third-order valence-electron chi connectivity index (χ3n) is 9.38. The van der Waals surface area contributed by atoms with Crippen LogP contribution in [0.3, 0.4) is 0 Å². The van der Waals surface area contributed by atoms with Crippen molar-refractivity contribution in [3.8, 4) is 44.0 Å². The van der Waals surface area contributed by atoms with Crippen molar-refractivity contribution in [2.24, 2.45) is 0 Å². The average Bonchev–Trinajstić information content (AvgIpc) is 3.63. The van der Waals surface area contributed by atoms with Crippen LogP contribution in [0.5, 0.6) is 0 Å². The third-order valence-corrected chi connectivity index (χ3v) is 10.9. The van der Waals surface area contributed by atoms with E-state index in [-0.39, 0.29) is 0 Å². The van der Waals surface area contributed by atoms with E-state index < -0.39 is 0 Å². The van der Waals surface area contributed by atoms with Gasteiger partial charge in [-0.25, -0.2) is 4.98 Å². The van der Waals surface area contributed by atoms with E-state index in [2.05, 4.69) is 187 Å². The minimum absolute atomic E-state index is 0.882. The van der Waals surface area contributed by atoms with Gasteiger partial charge in [-0.3, -0.25) is 0 Å². The normalized spacial score (nSPS) is 11.2. The summed E-state index contributed by atoms with van der Waals surface area (Å²) in [6.45, 7) is 0. The molecule has 0 saturated carbocycles. The molecule has 2 nitrogen and oxygen atoms in total. The largest absolute Gasteiger partial charge is 0.308 e. The maximum atomic E-state index is 5.18. The van der Waals surface area contributed by atoms with Crippen molar-refractivity contribution in [3.63, 3.8) is 0 Å². The van der Waals surface area contributed by atoms with E-state index in [0.29, 0.717) is 0 Å². The molecule has 0 amide bonds. The van der Waals surface area contributed by atoms with Gasteiger partial charge in [0.25, 0.3) is 0 Å². The number of hydrogen-bond acceptors (Lipinski definition) is 4. The molecule has 0 saturated heterocycles. The maximum absolute atomic E-state index is 5.18. The molecule has 9 aromatic rings. The Bertz CT molecular complexity index is 2610. The highest BCUT2D eigenvalue weighted by molar-refractivity contribution is 7.80. The Hall–Kier alpha value is -5.94. The monoisotopic (exact) mass is 688 g/mol. The summed E-state index contributed by atoms with van der Waals surface area (Å²) in [5, 5.41) is 3.46. The summed E-state index contributed by atoms with van der Waals surface area (Å²) < 4.78 is 1.11. The van der Waals surface area contributed by atoms with Crippen LogP contribution in [0.2, 0.25) is 0 Å². The first kappa shape index (κ1) is 31.1. The van der Waals surface area contributed by atoms with Crippen LogP contribution in [0.15, 0.2) is 193 Å². The maximum Gasteiger partial charge on any atom is 0.124 e. The molecule has 9 rings (SSSR count). The Kier molecular flexibility index (Phi) is 8.17. The first-order valence-corrected chi connectivity index (χ1v) is 18.3. The van der Waals surface area contributed by atoms with Crippen LogP contribution in [0.1, 0.15) is 0 Å². The lowest BCUT2D eigenvalue weighted by atomic mass is 9.99. The van der Waals surface area contributed by atoms with Crippen molar-refractivity contribution in [3.05, 3.63) is 188 Å². The lowest BCUT2D eigenvalue weighted by Gasteiger charge is -2.29. The molecule has 1 heterocycles. The predicted octanol–water partition coefficient (Wildman–Crippen LogP) is 13.9. The Morgan fingerprint density at radius 1 is 0.431 bits per heavy atom. The van der Waals surface area contributed by atoms with E-state index in [9.17, 15) is 0 Å². The van der Waals surface area contributed by atoms with E-state index in [1.165, 1.54) is 33.0 Å². The topological polar surface area (TPSA) is 16.1 Å². The van der Waals surface area contributed by atoms with Crippen LogP contribution in [0.25, 0.3) is 64.9 Å². The summed E-state index contributed by atoms with van der Waals surface area (Å²) in [6.07, 6.45) is 0. The van der Waals surface area contributed by atoms with Gasteiger partial charge in [-0.1, -0.05) is 152 Å². The number of nitrogens with zero attached hydrogens (tertiary/aromatic N) is 2. The minimum atomic E-state index is 0.882. The first-order valence-electron chi connectivity index (χ1n) is 17.0. The quantitative estimate of drug-likeness (QED) is 0.168. The zero-order chi connectivity index (χ0) is 34.1. The van der Waals surface area contributed by atoms with Crippen molar-refractivity contribution in [2.45, 2.75) is 4.90 Å². The van der Waals surface area contributed by atoms with E-state index in [0.717, 1.165) is 53.9 Å². The molecule has 0 fully saturated rings. The van der Waals surface area contributed by atoms with Gasteiger partial charge in [-0.05, 0) is 75.0 Å². The van der Waals surface area contributed by atoms with Crippen LogP contribution in [0, 0.1) is 0 Å². The summed E-state index contributed by atoms with van der Waals surface area (Å²) in [4.78, 5) is 8.45. The molecule has 0 atom stereocenters. The molecule has 0 radical (unpaired) electrons. The molecule has 0 aliphatic heterocycles. The molecule has 8 aromatic carbocycles. The van der Waals surface area contributed by atoms with Gasteiger partial charge in [0.1, 0.15) is 5.01 Å². The molecule has 0 aliphatic carbocycles. The zero-order valence-electron chi connectivity index (χ0n) is 27.6. The predicted molar refractivity (Wildman–Crippen MR) is 221 cm³/mol. The van der Waals surface area contributed by atoms with E-state index >= 15 is 0 Å². The molecule has 0 N–H and O–H groups in total. The minimum Gasteiger partial charge on any atom is -0.308 e. The molecule has 1 aromatic heterocycles. The number of fused-ring (bicyclic) bond motifs is 2. The van der Waals surface area contributed by atoms with Crippen molar-refractivity contribution >= 4 is 62.0 Å². The molecule has 0 spiro atoms. The van der Waals surface area contributed by atoms with Crippen LogP contribution in [-0.2, 0) is 0 Å². The van der Waals surface area contributed by atoms with Crippen molar-refractivity contribution in [1.29, 1.82) is 0 Å². The van der Waals surface area contributed by atoms with Gasteiger partial charge in [0, 0.05) is 27.4 Å². The second-order valence-electron chi connectivity index (χ2n) is 12.6. The van der Waals surface area contributed by atoms with Gasteiger partial charge in [-0.2, -0.15) is 0 Å². The lowest BCUT2D eigenvalue weighted by Crippen LogP contribution is -2.12. The van der Waals surface area contributed by atoms with Gasteiger partial charge in [-0.15, -0.1) is 24.0 Å². The summed E-state index contributed by atoms with van der Waals surface area (Å²) in [7, 11) is 0. The van der Waals surface area contributed by atoms with Crippen LogP contribution >= 0.6 is 24.0 Å². The first-order chi connectivity index (χ1) is 25.2. The fourth-order valence-electron chi connectivity index (χ4n) is 6.86. The van der Waals surface area contributed by atoms with Crippen molar-refractivity contribution < 1.29 is 0 Å². The fourth-order valence-corrected chi connectivity index (χ4v) is 8.30. The number of thiazole rings is 1. The standard InChI is InChI=1S/C47H32N2S2/c50-43-31-42-46(51-47(48-42)37-17-8-3-9-18-37)45(44(43)36-15-6-2-7-16-36)49(40-26-22-34(23-27-40)32-12-4-1-5-13-32)41-28-24-35(25-29-41)39-21-20-33-14-10-11-19-38(33)30-39/h1-31,50H. The second-order valence-corrected chi connectivity index (χ2v) is 14.1. The fraction of sp³-hybridized carbons (Fsp3) is 0. The van der Waals surface area contributed by atoms with Gasteiger partial charge in [0.15, 0.2) is 0 Å². The molecule has 0 unspecified atom stereocenters. The highest BCUT2D eigenvalue weighted by atomic mass is 32.1. The van der Waals surface area contributed by atoms with Crippen molar-refractivity contribution in [1.82, 2.24) is 4.98 Å². The SMILES string of the molecule is Sc1cc2nc(-c3ccccc3)sc2c(N(c2ccc(-c3ccccc3)cc2)c2ccc(-c3ccc4ccccc4c3)cc2)c1-c1ccccc1. The molecule has 242 valence electrons. The van der Waals surface area contributed by atoms with Gasteiger partial charge < -0.3 is 4.90 Å². The lowest BCUT2D eigenvalue weighted by molar-refractivity contribution is 1.28. The van der Waals surface area contributed by atoms with E-state index in [4.69, 9.17) is 17.6 Å². The zero-order valence-corrected chi connectivity index (χ0v) is 29.4. The number of rotatable bonds is 7. The number of aromatic nitrogens is 1.